The Morgan fingerprint density at radius 1 is 1.05 bits per heavy atom. The van der Waals surface area contributed by atoms with Gasteiger partial charge in [0.1, 0.15) is 5.82 Å². The van der Waals surface area contributed by atoms with Gasteiger partial charge >= 0.3 is 0 Å². The number of carbonyl (C=O) groups excluding carboxylic acids is 2. The molecule has 5 aromatic rings. The molecule has 0 bridgehead atoms. The molecule has 3 heterocycles. The Labute approximate surface area is 249 Å². The molecule has 0 radical (unpaired) electrons. The number of fused-ring (bicyclic) bond motifs is 1. The van der Waals surface area contributed by atoms with Crippen molar-refractivity contribution in [3.8, 4) is 16.9 Å². The molecule has 43 heavy (non-hydrogen) atoms. The predicted molar refractivity (Wildman–Crippen MR) is 166 cm³/mol. The number of carbonyl (C=O) groups is 2. The highest BCUT2D eigenvalue weighted by atomic mass is 19.1. The van der Waals surface area contributed by atoms with E-state index in [0.29, 0.717) is 29.7 Å². The Morgan fingerprint density at radius 2 is 1.84 bits per heavy atom. The smallest absolute Gasteiger partial charge is 0.294 e. The van der Waals surface area contributed by atoms with Crippen LogP contribution < -0.4 is 10.9 Å². The number of aryl methyl sites for hydroxylation is 1. The molecule has 0 saturated heterocycles. The van der Waals surface area contributed by atoms with Crippen molar-refractivity contribution in [3.05, 3.63) is 106 Å². The van der Waals surface area contributed by atoms with E-state index in [1.54, 1.807) is 48.3 Å². The van der Waals surface area contributed by atoms with Crippen molar-refractivity contribution in [2.45, 2.75) is 54.0 Å². The third-order valence-corrected chi connectivity index (χ3v) is 7.95. The lowest BCUT2D eigenvalue weighted by molar-refractivity contribution is -0.119. The minimum Gasteiger partial charge on any atom is -0.315 e. The molecule has 0 aliphatic heterocycles. The van der Waals surface area contributed by atoms with Gasteiger partial charge in [-0.25, -0.2) is 9.37 Å². The third-order valence-electron chi connectivity index (χ3n) is 7.95. The number of rotatable bonds is 9. The molecule has 0 aliphatic carbocycles. The first-order valence-electron chi connectivity index (χ1n) is 14.4. The largest absolute Gasteiger partial charge is 0.315 e. The molecule has 9 heteroatoms. The summed E-state index contributed by atoms with van der Waals surface area (Å²) < 4.78 is 17.4. The van der Waals surface area contributed by atoms with Gasteiger partial charge in [0.2, 0.25) is 5.91 Å². The summed E-state index contributed by atoms with van der Waals surface area (Å²) in [5.74, 6) is -0.938. The molecule has 0 unspecified atom stereocenters. The van der Waals surface area contributed by atoms with Crippen LogP contribution in [0.25, 0.3) is 27.8 Å². The third kappa shape index (κ3) is 5.75. The van der Waals surface area contributed by atoms with Gasteiger partial charge in [-0.2, -0.15) is 0 Å². The van der Waals surface area contributed by atoms with E-state index in [0.717, 1.165) is 33.3 Å². The maximum Gasteiger partial charge on any atom is 0.294 e. The second kappa shape index (κ2) is 12.1. The number of aromatic nitrogens is 4. The van der Waals surface area contributed by atoms with E-state index in [1.165, 1.54) is 12.1 Å². The minimum absolute atomic E-state index is 0.00432. The summed E-state index contributed by atoms with van der Waals surface area (Å²) in [5, 5.41) is 3.50. The Hall–Kier alpha value is -4.92. The van der Waals surface area contributed by atoms with E-state index >= 15 is 0 Å². The number of ketones is 1. The molecular weight excluding hydrogens is 545 g/mol. The van der Waals surface area contributed by atoms with E-state index in [-0.39, 0.29) is 35.8 Å². The van der Waals surface area contributed by atoms with Crippen LogP contribution >= 0.6 is 0 Å². The molecule has 3 aromatic heterocycles. The lowest BCUT2D eigenvalue weighted by Crippen LogP contribution is -2.30. The normalized spacial score (nSPS) is 12.0. The first kappa shape index (κ1) is 29.6. The first-order valence-corrected chi connectivity index (χ1v) is 14.4. The standard InChI is InChI=1S/C34H34FN5O3/c1-6-20(3)33(42)38-32-34(43)40(30(17-37-32)26-9-8-10-27(22(26)5)31(41)7-2)19-23-13-25(16-36-15-23)39-18-21(4)28-14-24(35)11-12-29(28)39/h8-18,20H,6-7,19H2,1-5H3,(H,37,38,42)/t20-/m1/s1. The maximum absolute atomic E-state index is 13.9. The number of hydrogen-bond donors (Lipinski definition) is 1. The molecular formula is C34H34FN5O3. The quantitative estimate of drug-likeness (QED) is 0.198. The number of halogens is 1. The van der Waals surface area contributed by atoms with Gasteiger partial charge < -0.3 is 9.88 Å². The zero-order valence-corrected chi connectivity index (χ0v) is 24.9. The maximum atomic E-state index is 13.9. The number of Topliss-reactive ketones (excluding diaryl/α,β-unsaturated/α-hetero) is 1. The highest BCUT2D eigenvalue weighted by molar-refractivity contribution is 5.99. The van der Waals surface area contributed by atoms with Gasteiger partial charge in [-0.05, 0) is 61.2 Å². The lowest BCUT2D eigenvalue weighted by atomic mass is 9.96. The average Bonchev–Trinajstić information content (AvgIpc) is 3.34. The van der Waals surface area contributed by atoms with Crippen molar-refractivity contribution in [2.24, 2.45) is 5.92 Å². The van der Waals surface area contributed by atoms with Crippen LogP contribution in [0.3, 0.4) is 0 Å². The molecule has 220 valence electrons. The summed E-state index contributed by atoms with van der Waals surface area (Å²) in [4.78, 5) is 48.1. The van der Waals surface area contributed by atoms with Crippen molar-refractivity contribution in [2.75, 3.05) is 5.32 Å². The zero-order chi connectivity index (χ0) is 30.8. The van der Waals surface area contributed by atoms with Crippen molar-refractivity contribution < 1.29 is 14.0 Å². The number of hydrogen-bond acceptors (Lipinski definition) is 5. The topological polar surface area (TPSA) is 98.9 Å². The number of pyridine rings is 1. The minimum atomic E-state index is -0.469. The second-order valence-electron chi connectivity index (χ2n) is 10.8. The molecule has 0 spiro atoms. The fraction of sp³-hybridized carbons (Fsp3) is 0.265. The van der Waals surface area contributed by atoms with E-state index in [9.17, 15) is 18.8 Å². The van der Waals surface area contributed by atoms with Gasteiger partial charge in [-0.1, -0.05) is 39.0 Å². The summed E-state index contributed by atoms with van der Waals surface area (Å²) in [7, 11) is 0. The molecule has 0 aliphatic rings. The number of nitrogens with zero attached hydrogens (tertiary/aromatic N) is 4. The molecule has 0 saturated carbocycles. The van der Waals surface area contributed by atoms with Gasteiger partial charge in [-0.3, -0.25) is 23.9 Å². The number of nitrogens with one attached hydrogen (secondary N) is 1. The van der Waals surface area contributed by atoms with Crippen molar-refractivity contribution in [1.29, 1.82) is 0 Å². The van der Waals surface area contributed by atoms with E-state index in [1.807, 2.05) is 50.6 Å². The van der Waals surface area contributed by atoms with Gasteiger partial charge in [0.05, 0.1) is 35.8 Å². The number of benzene rings is 2. The van der Waals surface area contributed by atoms with E-state index in [4.69, 9.17) is 0 Å². The number of amides is 1. The van der Waals surface area contributed by atoms with Gasteiger partial charge in [0, 0.05) is 41.2 Å². The van der Waals surface area contributed by atoms with Crippen LogP contribution in [0.15, 0.2) is 72.0 Å². The highest BCUT2D eigenvalue weighted by Crippen LogP contribution is 2.28. The van der Waals surface area contributed by atoms with Gasteiger partial charge in [0.25, 0.3) is 5.56 Å². The van der Waals surface area contributed by atoms with Gasteiger partial charge in [-0.15, -0.1) is 0 Å². The summed E-state index contributed by atoms with van der Waals surface area (Å²) in [6, 6.07) is 12.0. The van der Waals surface area contributed by atoms with Crippen molar-refractivity contribution in [1.82, 2.24) is 19.1 Å². The van der Waals surface area contributed by atoms with Crippen LogP contribution in [0.5, 0.6) is 0 Å². The summed E-state index contributed by atoms with van der Waals surface area (Å²) in [6.07, 6.45) is 7.86. The van der Waals surface area contributed by atoms with Crippen LogP contribution in [0.4, 0.5) is 10.2 Å². The molecule has 8 nitrogen and oxygen atoms in total. The van der Waals surface area contributed by atoms with Crippen molar-refractivity contribution in [3.63, 3.8) is 0 Å². The van der Waals surface area contributed by atoms with Crippen LogP contribution in [0.2, 0.25) is 0 Å². The average molecular weight is 580 g/mol. The molecule has 1 N–H and O–H groups in total. The van der Waals surface area contributed by atoms with Gasteiger partial charge in [0.15, 0.2) is 11.6 Å². The molecule has 5 rings (SSSR count). The Balaban J connectivity index is 1.63. The fourth-order valence-corrected chi connectivity index (χ4v) is 5.23. The predicted octanol–water partition coefficient (Wildman–Crippen LogP) is 6.63. The highest BCUT2D eigenvalue weighted by Gasteiger charge is 2.20. The summed E-state index contributed by atoms with van der Waals surface area (Å²) in [6.45, 7) is 9.41. The van der Waals surface area contributed by atoms with Crippen LogP contribution in [-0.4, -0.2) is 30.8 Å². The van der Waals surface area contributed by atoms with E-state index < -0.39 is 5.56 Å². The Bertz CT molecular complexity index is 1920. The van der Waals surface area contributed by atoms with Crippen LogP contribution in [0.1, 0.15) is 60.7 Å². The van der Waals surface area contributed by atoms with Crippen molar-refractivity contribution >= 4 is 28.4 Å². The Morgan fingerprint density at radius 3 is 2.58 bits per heavy atom. The summed E-state index contributed by atoms with van der Waals surface area (Å²) >= 11 is 0. The van der Waals surface area contributed by atoms with E-state index in [2.05, 4.69) is 15.3 Å². The SMILES string of the molecule is CCC(=O)c1cccc(-c2cnc(NC(=O)[C@H](C)CC)c(=O)n2Cc2cncc(-n3cc(C)c4cc(F)ccc43)c2)c1C. The monoisotopic (exact) mass is 579 g/mol. The molecule has 0 fully saturated rings. The van der Waals surface area contributed by atoms with Crippen LogP contribution in [0, 0.1) is 25.6 Å². The first-order chi connectivity index (χ1) is 20.6. The Kier molecular flexibility index (Phi) is 8.34. The van der Waals surface area contributed by atoms with Crippen LogP contribution in [-0.2, 0) is 11.3 Å². The molecule has 1 atom stereocenters. The summed E-state index contributed by atoms with van der Waals surface area (Å²) in [5.41, 5.74) is 5.31. The number of anilines is 1. The fourth-order valence-electron chi connectivity index (χ4n) is 5.23. The molecule has 2 aromatic carbocycles. The zero-order valence-electron chi connectivity index (χ0n) is 24.9. The second-order valence-corrected chi connectivity index (χ2v) is 10.8. The molecule has 1 amide bonds. The lowest BCUT2D eigenvalue weighted by Gasteiger charge is -2.18.